The van der Waals surface area contributed by atoms with Gasteiger partial charge in [-0.3, -0.25) is 0 Å². The number of nitrogens with two attached hydrogens (primary N) is 2. The first-order valence-corrected chi connectivity index (χ1v) is 8.21. The number of rotatable bonds is 2. The van der Waals surface area contributed by atoms with Gasteiger partial charge in [0.25, 0.3) is 0 Å². The number of benzene rings is 1. The van der Waals surface area contributed by atoms with Gasteiger partial charge in [-0.15, -0.1) is 0 Å². The average molecular weight is 298 g/mol. The molecule has 1 aliphatic rings. The highest BCUT2D eigenvalue weighted by Crippen LogP contribution is 2.29. The molecule has 4 N–H and O–H groups in total. The molecule has 2 rings (SSSR count). The van der Waals surface area contributed by atoms with Crippen LogP contribution in [0.4, 0.5) is 11.4 Å². The van der Waals surface area contributed by atoms with Crippen molar-refractivity contribution in [3.63, 3.8) is 0 Å². The highest BCUT2D eigenvalue weighted by molar-refractivity contribution is 7.89. The van der Waals surface area contributed by atoms with E-state index in [1.807, 2.05) is 0 Å². The summed E-state index contributed by atoms with van der Waals surface area (Å²) in [5, 5.41) is 5.32. The van der Waals surface area contributed by atoms with Crippen LogP contribution in [-0.2, 0) is 10.0 Å². The average Bonchev–Trinajstić information content (AvgIpc) is 2.49. The first kappa shape index (κ1) is 15.1. The van der Waals surface area contributed by atoms with Crippen molar-refractivity contribution in [2.45, 2.75) is 24.3 Å². The van der Waals surface area contributed by atoms with Crippen molar-refractivity contribution in [2.24, 2.45) is 5.14 Å². The lowest BCUT2D eigenvalue weighted by molar-refractivity contribution is 0.337. The normalized spacial score (nSPS) is 21.8. The van der Waals surface area contributed by atoms with E-state index in [2.05, 4.69) is 23.8 Å². The fraction of sp³-hybridized carbons (Fsp3) is 0.538. The summed E-state index contributed by atoms with van der Waals surface area (Å²) in [6.07, 6.45) is 0.981. The van der Waals surface area contributed by atoms with Crippen LogP contribution in [0.1, 0.15) is 13.3 Å². The standard InChI is InChI=1S/C13H22N4O2S/c1-10-9-16(2)6-3-7-17(10)12-5-4-11(14)8-13(12)20(15,18)19/h4-5,8,10H,3,6-7,9,14H2,1-2H3,(H2,15,18,19). The Hall–Kier alpha value is -1.31. The molecule has 1 heterocycles. The molecule has 0 amide bonds. The van der Waals surface area contributed by atoms with E-state index < -0.39 is 10.0 Å². The van der Waals surface area contributed by atoms with E-state index in [0.717, 1.165) is 26.1 Å². The zero-order valence-corrected chi connectivity index (χ0v) is 12.7. The molecular weight excluding hydrogens is 276 g/mol. The Bertz CT molecular complexity index is 588. The molecule has 6 nitrogen and oxygen atoms in total. The van der Waals surface area contributed by atoms with Gasteiger partial charge in [-0.1, -0.05) is 0 Å². The van der Waals surface area contributed by atoms with Crippen LogP contribution < -0.4 is 15.8 Å². The molecule has 1 fully saturated rings. The SMILES string of the molecule is CC1CN(C)CCCN1c1ccc(N)cc1S(N)(=O)=O. The lowest BCUT2D eigenvalue weighted by Gasteiger charge is -2.31. The lowest BCUT2D eigenvalue weighted by Crippen LogP contribution is -2.39. The number of hydrogen-bond donors (Lipinski definition) is 2. The van der Waals surface area contributed by atoms with Gasteiger partial charge in [0.2, 0.25) is 10.0 Å². The highest BCUT2D eigenvalue weighted by atomic mass is 32.2. The number of nitrogens with zero attached hydrogens (tertiary/aromatic N) is 2. The smallest absolute Gasteiger partial charge is 0.240 e. The summed E-state index contributed by atoms with van der Waals surface area (Å²) in [5.74, 6) is 0. The Kier molecular flexibility index (Phi) is 4.22. The van der Waals surface area contributed by atoms with Crippen LogP contribution >= 0.6 is 0 Å². The molecule has 0 aromatic heterocycles. The van der Waals surface area contributed by atoms with Crippen LogP contribution in [0.2, 0.25) is 0 Å². The third-order valence-electron chi connectivity index (χ3n) is 3.65. The Morgan fingerprint density at radius 2 is 2.00 bits per heavy atom. The van der Waals surface area contributed by atoms with E-state index in [-0.39, 0.29) is 10.9 Å². The maximum atomic E-state index is 11.8. The summed E-state index contributed by atoms with van der Waals surface area (Å²) < 4.78 is 23.6. The topological polar surface area (TPSA) is 92.7 Å². The summed E-state index contributed by atoms with van der Waals surface area (Å²) in [7, 11) is -1.72. The first-order chi connectivity index (χ1) is 9.29. The summed E-state index contributed by atoms with van der Waals surface area (Å²) >= 11 is 0. The first-order valence-electron chi connectivity index (χ1n) is 6.66. The van der Waals surface area contributed by atoms with Crippen LogP contribution in [0, 0.1) is 0 Å². The van der Waals surface area contributed by atoms with Gasteiger partial charge in [-0.25, -0.2) is 13.6 Å². The summed E-state index contributed by atoms with van der Waals surface area (Å²) in [4.78, 5) is 4.45. The minimum Gasteiger partial charge on any atom is -0.399 e. The molecule has 7 heteroatoms. The minimum atomic E-state index is -3.79. The largest absolute Gasteiger partial charge is 0.399 e. The minimum absolute atomic E-state index is 0.105. The van der Waals surface area contributed by atoms with Crippen LogP contribution in [0.25, 0.3) is 0 Å². The van der Waals surface area contributed by atoms with Crippen molar-refractivity contribution in [2.75, 3.05) is 37.3 Å². The Morgan fingerprint density at radius 3 is 2.65 bits per heavy atom. The van der Waals surface area contributed by atoms with Crippen molar-refractivity contribution >= 4 is 21.4 Å². The fourth-order valence-corrected chi connectivity index (χ4v) is 3.50. The third kappa shape index (κ3) is 3.23. The number of likely N-dealkylation sites (N-methyl/N-ethyl adjacent to an activating group) is 1. The van der Waals surface area contributed by atoms with Gasteiger partial charge in [0.1, 0.15) is 4.90 Å². The number of primary sulfonamides is 1. The third-order valence-corrected chi connectivity index (χ3v) is 4.59. The van der Waals surface area contributed by atoms with Crippen molar-refractivity contribution < 1.29 is 8.42 Å². The molecule has 1 aromatic rings. The quantitative estimate of drug-likeness (QED) is 0.773. The van der Waals surface area contributed by atoms with E-state index in [9.17, 15) is 8.42 Å². The number of sulfonamides is 1. The predicted octanol–water partition coefficient (Wildman–Crippen LogP) is 0.447. The molecule has 112 valence electrons. The lowest BCUT2D eigenvalue weighted by atomic mass is 10.2. The van der Waals surface area contributed by atoms with Crippen LogP contribution in [-0.4, -0.2) is 46.0 Å². The molecule has 1 atom stereocenters. The number of hydrogen-bond acceptors (Lipinski definition) is 5. The van der Waals surface area contributed by atoms with E-state index >= 15 is 0 Å². The monoisotopic (exact) mass is 298 g/mol. The van der Waals surface area contributed by atoms with Gasteiger partial charge in [-0.2, -0.15) is 0 Å². The summed E-state index contributed by atoms with van der Waals surface area (Å²) in [6.45, 7) is 4.78. The van der Waals surface area contributed by atoms with E-state index in [1.54, 1.807) is 12.1 Å². The van der Waals surface area contributed by atoms with Crippen molar-refractivity contribution in [1.82, 2.24) is 4.90 Å². The number of anilines is 2. The fourth-order valence-electron chi connectivity index (χ4n) is 2.73. The van der Waals surface area contributed by atoms with Crippen molar-refractivity contribution in [3.8, 4) is 0 Å². The van der Waals surface area contributed by atoms with Crippen LogP contribution in [0.3, 0.4) is 0 Å². The predicted molar refractivity (Wildman–Crippen MR) is 81.1 cm³/mol. The van der Waals surface area contributed by atoms with Gasteiger partial charge >= 0.3 is 0 Å². The van der Waals surface area contributed by atoms with Gasteiger partial charge < -0.3 is 15.5 Å². The van der Waals surface area contributed by atoms with Crippen LogP contribution in [0.15, 0.2) is 23.1 Å². The molecule has 0 saturated carbocycles. The Balaban J connectivity index is 2.46. The molecule has 1 saturated heterocycles. The molecule has 1 unspecified atom stereocenters. The summed E-state index contributed by atoms with van der Waals surface area (Å²) in [6, 6.07) is 5.11. The van der Waals surface area contributed by atoms with Crippen LogP contribution in [0.5, 0.6) is 0 Å². The maximum absolute atomic E-state index is 11.8. The second-order valence-corrected chi connectivity index (χ2v) is 6.96. The molecule has 0 spiro atoms. The Labute approximate surface area is 120 Å². The molecule has 0 bridgehead atoms. The zero-order valence-electron chi connectivity index (χ0n) is 11.9. The van der Waals surface area contributed by atoms with Gasteiger partial charge in [0.05, 0.1) is 5.69 Å². The van der Waals surface area contributed by atoms with E-state index in [0.29, 0.717) is 11.4 Å². The Morgan fingerprint density at radius 1 is 1.30 bits per heavy atom. The van der Waals surface area contributed by atoms with Gasteiger partial charge in [0, 0.05) is 24.8 Å². The maximum Gasteiger partial charge on any atom is 0.240 e. The second-order valence-electron chi connectivity index (χ2n) is 5.43. The van der Waals surface area contributed by atoms with Crippen molar-refractivity contribution in [3.05, 3.63) is 18.2 Å². The second kappa shape index (κ2) is 5.59. The summed E-state index contributed by atoms with van der Waals surface area (Å²) in [5.41, 5.74) is 6.74. The van der Waals surface area contributed by atoms with Gasteiger partial charge in [0.15, 0.2) is 0 Å². The molecule has 1 aromatic carbocycles. The van der Waals surface area contributed by atoms with E-state index in [4.69, 9.17) is 10.9 Å². The molecule has 0 aliphatic carbocycles. The molecular formula is C13H22N4O2S. The molecule has 1 aliphatic heterocycles. The van der Waals surface area contributed by atoms with Crippen molar-refractivity contribution in [1.29, 1.82) is 0 Å². The molecule has 0 radical (unpaired) electrons. The van der Waals surface area contributed by atoms with E-state index in [1.165, 1.54) is 6.07 Å². The highest BCUT2D eigenvalue weighted by Gasteiger charge is 2.25. The zero-order chi connectivity index (χ0) is 14.9. The molecule has 20 heavy (non-hydrogen) atoms. The van der Waals surface area contributed by atoms with Gasteiger partial charge in [-0.05, 0) is 45.1 Å². The number of nitrogen functional groups attached to an aromatic ring is 1.